The summed E-state index contributed by atoms with van der Waals surface area (Å²) in [6, 6.07) is 21.7. The van der Waals surface area contributed by atoms with Crippen LogP contribution in [0.25, 0.3) is 5.69 Å². The Hall–Kier alpha value is -4.14. The summed E-state index contributed by atoms with van der Waals surface area (Å²) in [5, 5.41) is 3.31. The Bertz CT molecular complexity index is 1740. The summed E-state index contributed by atoms with van der Waals surface area (Å²) in [4.78, 5) is 48.9. The molecule has 3 aromatic carbocycles. The quantitative estimate of drug-likeness (QED) is 0.329. The molecule has 10 heteroatoms. The second-order valence-corrected chi connectivity index (χ2v) is 11.4. The van der Waals surface area contributed by atoms with Crippen LogP contribution in [0.1, 0.15) is 56.9 Å². The van der Waals surface area contributed by atoms with Crippen LogP contribution in [-0.2, 0) is 13.0 Å². The maximum atomic E-state index is 14.3. The third-order valence-electron chi connectivity index (χ3n) is 8.10. The Morgan fingerprint density at radius 1 is 0.952 bits per heavy atom. The van der Waals surface area contributed by atoms with Gasteiger partial charge in [0.15, 0.2) is 0 Å². The molecule has 6 rings (SSSR count). The molecule has 1 aromatic heterocycles. The van der Waals surface area contributed by atoms with Crippen molar-refractivity contribution in [3.8, 4) is 5.69 Å². The molecule has 8 nitrogen and oxygen atoms in total. The number of fused-ring (bicyclic) bond motifs is 1. The summed E-state index contributed by atoms with van der Waals surface area (Å²) < 4.78 is 1.64. The average molecular weight is 603 g/mol. The molecule has 0 saturated carbocycles. The lowest BCUT2D eigenvalue weighted by Gasteiger charge is -2.43. The molecule has 0 radical (unpaired) electrons. The van der Waals surface area contributed by atoms with E-state index < -0.39 is 0 Å². The number of benzene rings is 3. The van der Waals surface area contributed by atoms with Crippen LogP contribution in [0, 0.1) is 0 Å². The molecular formula is C32H29Cl2N5O3. The summed E-state index contributed by atoms with van der Waals surface area (Å²) in [6.07, 6.45) is 1.28. The third-order valence-corrected chi connectivity index (χ3v) is 8.84. The molecule has 1 saturated heterocycles. The highest BCUT2D eigenvalue weighted by atomic mass is 35.5. The lowest BCUT2D eigenvalue weighted by Crippen LogP contribution is -2.48. The number of halogens is 2. The van der Waals surface area contributed by atoms with Gasteiger partial charge < -0.3 is 15.1 Å². The van der Waals surface area contributed by atoms with Gasteiger partial charge in [-0.3, -0.25) is 14.4 Å². The van der Waals surface area contributed by atoms with Gasteiger partial charge in [0.05, 0.1) is 34.0 Å². The SMILES string of the molecule is CNC(=O)c1ccc(-n2c(N3CC[C@@H]3c3ccccc3)nc3c(c2=O)C[C@@H](C)N(C(=O)c2ccc(Cl)c(Cl)c2)C3)cc1. The molecule has 214 valence electrons. The molecule has 2 aliphatic rings. The number of nitrogens with zero attached hydrogens (tertiary/aromatic N) is 4. The van der Waals surface area contributed by atoms with Crippen LogP contribution >= 0.6 is 23.2 Å². The highest BCUT2D eigenvalue weighted by Gasteiger charge is 2.37. The van der Waals surface area contributed by atoms with Gasteiger partial charge in [-0.05, 0) is 67.8 Å². The second-order valence-electron chi connectivity index (χ2n) is 10.6. The molecule has 0 spiro atoms. The van der Waals surface area contributed by atoms with Gasteiger partial charge in [-0.25, -0.2) is 9.55 Å². The number of anilines is 1. The highest BCUT2D eigenvalue weighted by molar-refractivity contribution is 6.42. The van der Waals surface area contributed by atoms with Crippen LogP contribution in [0.5, 0.6) is 0 Å². The molecule has 0 aliphatic carbocycles. The first-order valence-corrected chi connectivity index (χ1v) is 14.6. The Morgan fingerprint density at radius 2 is 1.67 bits per heavy atom. The van der Waals surface area contributed by atoms with Crippen molar-refractivity contribution in [3.05, 3.63) is 121 Å². The van der Waals surface area contributed by atoms with E-state index in [2.05, 4.69) is 22.3 Å². The standard InChI is InChI=1S/C32H29Cl2N5O3/c1-19-16-24-27(18-38(19)30(41)22-10-13-25(33)26(34)17-22)36-32(37-15-14-28(37)20-6-4-3-5-7-20)39(31(24)42)23-11-8-21(9-12-23)29(40)35-2/h3-13,17,19,28H,14-16,18H2,1-2H3,(H,35,40)/t19-,28-/m1/s1. The van der Waals surface area contributed by atoms with Crippen LogP contribution in [-0.4, -0.2) is 45.9 Å². The topological polar surface area (TPSA) is 87.5 Å². The molecule has 3 heterocycles. The van der Waals surface area contributed by atoms with E-state index in [1.54, 1.807) is 59.0 Å². The first kappa shape index (κ1) is 28.0. The van der Waals surface area contributed by atoms with Crippen molar-refractivity contribution in [1.82, 2.24) is 19.8 Å². The van der Waals surface area contributed by atoms with E-state index in [-0.39, 0.29) is 36.0 Å². The van der Waals surface area contributed by atoms with Crippen molar-refractivity contribution < 1.29 is 9.59 Å². The van der Waals surface area contributed by atoms with Crippen molar-refractivity contribution in [2.24, 2.45) is 0 Å². The lowest BCUT2D eigenvalue weighted by atomic mass is 9.95. The Morgan fingerprint density at radius 3 is 2.31 bits per heavy atom. The monoisotopic (exact) mass is 601 g/mol. The maximum absolute atomic E-state index is 14.3. The van der Waals surface area contributed by atoms with Crippen LogP contribution in [0.15, 0.2) is 77.6 Å². The van der Waals surface area contributed by atoms with Gasteiger partial charge in [-0.15, -0.1) is 0 Å². The number of hydrogen-bond acceptors (Lipinski definition) is 5. The zero-order valence-corrected chi connectivity index (χ0v) is 24.7. The van der Waals surface area contributed by atoms with Gasteiger partial charge in [0, 0.05) is 36.3 Å². The number of rotatable bonds is 5. The molecule has 42 heavy (non-hydrogen) atoms. The molecule has 1 fully saturated rings. The van der Waals surface area contributed by atoms with Crippen molar-refractivity contribution >= 4 is 41.0 Å². The third kappa shape index (κ3) is 4.95. The molecule has 2 atom stereocenters. The normalized spacial score (nSPS) is 17.8. The molecule has 2 amide bonds. The predicted molar refractivity (Wildman–Crippen MR) is 164 cm³/mol. The van der Waals surface area contributed by atoms with Crippen molar-refractivity contribution in [1.29, 1.82) is 0 Å². The van der Waals surface area contributed by atoms with E-state index in [9.17, 15) is 14.4 Å². The van der Waals surface area contributed by atoms with Crippen molar-refractivity contribution in [2.75, 3.05) is 18.5 Å². The fourth-order valence-electron chi connectivity index (χ4n) is 5.69. The Balaban J connectivity index is 1.44. The molecule has 0 unspecified atom stereocenters. The van der Waals surface area contributed by atoms with Gasteiger partial charge >= 0.3 is 0 Å². The van der Waals surface area contributed by atoms with E-state index in [0.717, 1.165) is 18.5 Å². The number of aromatic nitrogens is 2. The van der Waals surface area contributed by atoms with Crippen LogP contribution in [0.2, 0.25) is 10.0 Å². The van der Waals surface area contributed by atoms with E-state index in [1.165, 1.54) is 0 Å². The first-order chi connectivity index (χ1) is 20.3. The summed E-state index contributed by atoms with van der Waals surface area (Å²) in [5.74, 6) is 0.114. The second kappa shape index (κ2) is 11.3. The fourth-order valence-corrected chi connectivity index (χ4v) is 5.99. The number of carbonyl (C=O) groups is 2. The van der Waals surface area contributed by atoms with E-state index in [4.69, 9.17) is 28.2 Å². The van der Waals surface area contributed by atoms with Crippen LogP contribution in [0.3, 0.4) is 0 Å². The van der Waals surface area contributed by atoms with E-state index in [1.807, 2.05) is 25.1 Å². The van der Waals surface area contributed by atoms with Gasteiger partial charge in [-0.1, -0.05) is 53.5 Å². The van der Waals surface area contributed by atoms with E-state index >= 15 is 0 Å². The molecule has 4 aromatic rings. The minimum absolute atomic E-state index is 0.0593. The first-order valence-electron chi connectivity index (χ1n) is 13.8. The summed E-state index contributed by atoms with van der Waals surface area (Å²) in [5.41, 5.74) is 3.68. The van der Waals surface area contributed by atoms with Crippen molar-refractivity contribution in [3.63, 3.8) is 0 Å². The molecule has 2 aliphatic heterocycles. The average Bonchev–Trinajstić information content (AvgIpc) is 2.98. The summed E-state index contributed by atoms with van der Waals surface area (Å²) >= 11 is 12.3. The lowest BCUT2D eigenvalue weighted by molar-refractivity contribution is 0.0653. The zero-order valence-electron chi connectivity index (χ0n) is 23.2. The van der Waals surface area contributed by atoms with E-state index in [0.29, 0.717) is 50.5 Å². The molecule has 0 bridgehead atoms. The Kier molecular flexibility index (Phi) is 7.51. The fraction of sp³-hybridized carbons (Fsp3) is 0.250. The van der Waals surface area contributed by atoms with Crippen LogP contribution in [0.4, 0.5) is 5.95 Å². The number of nitrogens with one attached hydrogen (secondary N) is 1. The molecular weight excluding hydrogens is 573 g/mol. The zero-order chi connectivity index (χ0) is 29.5. The number of hydrogen-bond donors (Lipinski definition) is 1. The number of carbonyl (C=O) groups excluding carboxylic acids is 2. The summed E-state index contributed by atoms with van der Waals surface area (Å²) in [7, 11) is 1.58. The number of amides is 2. The van der Waals surface area contributed by atoms with Gasteiger partial charge in [0.2, 0.25) is 5.95 Å². The smallest absolute Gasteiger partial charge is 0.263 e. The summed E-state index contributed by atoms with van der Waals surface area (Å²) in [6.45, 7) is 2.84. The van der Waals surface area contributed by atoms with Gasteiger partial charge in [0.1, 0.15) is 0 Å². The minimum atomic E-state index is -0.245. The maximum Gasteiger partial charge on any atom is 0.263 e. The van der Waals surface area contributed by atoms with Crippen LogP contribution < -0.4 is 15.8 Å². The van der Waals surface area contributed by atoms with Gasteiger partial charge in [-0.2, -0.15) is 0 Å². The highest BCUT2D eigenvalue weighted by Crippen LogP contribution is 2.38. The van der Waals surface area contributed by atoms with Crippen molar-refractivity contribution in [2.45, 2.75) is 38.4 Å². The minimum Gasteiger partial charge on any atom is -0.355 e. The molecule has 1 N–H and O–H groups in total. The Labute approximate surface area is 253 Å². The van der Waals surface area contributed by atoms with Gasteiger partial charge in [0.25, 0.3) is 17.4 Å². The largest absolute Gasteiger partial charge is 0.355 e. The predicted octanol–water partition coefficient (Wildman–Crippen LogP) is 5.44.